The van der Waals surface area contributed by atoms with Gasteiger partial charge in [0.05, 0.1) is 0 Å². The summed E-state index contributed by atoms with van der Waals surface area (Å²) in [5, 5.41) is 9.11. The molecule has 8 nitrogen and oxygen atoms in total. The highest BCUT2D eigenvalue weighted by molar-refractivity contribution is 5.75. The van der Waals surface area contributed by atoms with Gasteiger partial charge in [-0.1, -0.05) is 26.2 Å². The highest BCUT2D eigenvalue weighted by atomic mass is 16.3. The molecule has 0 aromatic carbocycles. The van der Waals surface area contributed by atoms with Crippen molar-refractivity contribution >= 4 is 17.1 Å². The smallest absolute Gasteiger partial charge is 0.332 e. The molecule has 2 aromatic heterocycles. The molecule has 0 bridgehead atoms. The summed E-state index contributed by atoms with van der Waals surface area (Å²) in [6.07, 6.45) is 6.47. The molecule has 0 radical (unpaired) electrons. The predicted molar refractivity (Wildman–Crippen MR) is 104 cm³/mol. The molecule has 1 unspecified atom stereocenters. The highest BCUT2D eigenvalue weighted by Gasteiger charge is 2.33. The molecular weight excluding hydrogens is 346 g/mol. The van der Waals surface area contributed by atoms with Crippen LogP contribution in [0.3, 0.4) is 0 Å². The van der Waals surface area contributed by atoms with Crippen molar-refractivity contribution in [3.63, 3.8) is 0 Å². The molecule has 0 amide bonds. The number of imidazole rings is 1. The summed E-state index contributed by atoms with van der Waals surface area (Å²) in [4.78, 5) is 32.9. The van der Waals surface area contributed by atoms with E-state index >= 15 is 0 Å². The molecule has 8 heteroatoms. The number of rotatable bonds is 4. The molecule has 0 spiro atoms. The minimum Gasteiger partial charge on any atom is -0.396 e. The van der Waals surface area contributed by atoms with Crippen LogP contribution >= 0.6 is 0 Å². The van der Waals surface area contributed by atoms with E-state index in [9.17, 15) is 9.59 Å². The predicted octanol–water partition coefficient (Wildman–Crippen LogP) is 1.07. The molecule has 1 aliphatic heterocycles. The van der Waals surface area contributed by atoms with Gasteiger partial charge in [-0.05, 0) is 25.2 Å². The van der Waals surface area contributed by atoms with E-state index < -0.39 is 0 Å². The number of fused-ring (bicyclic) bond motifs is 3. The molecule has 1 aliphatic carbocycles. The zero-order chi connectivity index (χ0) is 19.1. The Morgan fingerprint density at radius 1 is 1.15 bits per heavy atom. The van der Waals surface area contributed by atoms with Gasteiger partial charge in [0.15, 0.2) is 11.2 Å². The largest absolute Gasteiger partial charge is 0.396 e. The molecule has 3 heterocycles. The minimum atomic E-state index is -0.367. The Morgan fingerprint density at radius 3 is 2.59 bits per heavy atom. The van der Waals surface area contributed by atoms with Crippen molar-refractivity contribution in [3.8, 4) is 0 Å². The van der Waals surface area contributed by atoms with Crippen LogP contribution in [0.15, 0.2) is 9.59 Å². The standard InChI is InChI=1S/C19H29N5O3/c1-13-11-23(14-7-4-3-5-8-14)18-20-16-15(24(18)12-13)17(26)22(9-6-10-25)19(27)21(16)2/h13-14,25H,3-12H2,1-2H3. The maximum atomic E-state index is 13.1. The molecule has 1 atom stereocenters. The Labute approximate surface area is 158 Å². The Morgan fingerprint density at radius 2 is 1.89 bits per heavy atom. The number of hydrogen-bond acceptors (Lipinski definition) is 5. The van der Waals surface area contributed by atoms with Crippen LogP contribution in [0.1, 0.15) is 45.4 Å². The van der Waals surface area contributed by atoms with Crippen LogP contribution in [0.2, 0.25) is 0 Å². The van der Waals surface area contributed by atoms with Gasteiger partial charge in [0.1, 0.15) is 0 Å². The van der Waals surface area contributed by atoms with Crippen LogP contribution in [0, 0.1) is 5.92 Å². The van der Waals surface area contributed by atoms with Gasteiger partial charge < -0.3 is 14.6 Å². The zero-order valence-electron chi connectivity index (χ0n) is 16.2. The summed E-state index contributed by atoms with van der Waals surface area (Å²) in [7, 11) is 1.67. The minimum absolute atomic E-state index is 0.0510. The van der Waals surface area contributed by atoms with Gasteiger partial charge in [-0.15, -0.1) is 0 Å². The van der Waals surface area contributed by atoms with Crippen LogP contribution in [-0.2, 0) is 20.1 Å². The lowest BCUT2D eigenvalue weighted by Gasteiger charge is -2.40. The molecule has 1 fully saturated rings. The van der Waals surface area contributed by atoms with E-state index in [1.54, 1.807) is 7.05 Å². The molecule has 148 valence electrons. The van der Waals surface area contributed by atoms with Crippen molar-refractivity contribution in [1.82, 2.24) is 18.7 Å². The molecule has 0 saturated heterocycles. The van der Waals surface area contributed by atoms with E-state index in [-0.39, 0.29) is 24.4 Å². The van der Waals surface area contributed by atoms with Crippen LogP contribution < -0.4 is 16.1 Å². The lowest BCUT2D eigenvalue weighted by molar-refractivity contribution is 0.277. The van der Waals surface area contributed by atoms with E-state index in [0.29, 0.717) is 29.5 Å². The topological polar surface area (TPSA) is 85.3 Å². The van der Waals surface area contributed by atoms with E-state index in [2.05, 4.69) is 11.8 Å². The van der Waals surface area contributed by atoms with Crippen LogP contribution in [-0.4, -0.2) is 43.0 Å². The third-order valence-electron chi connectivity index (χ3n) is 6.03. The number of aryl methyl sites for hydroxylation is 1. The summed E-state index contributed by atoms with van der Waals surface area (Å²) >= 11 is 0. The molecule has 2 aliphatic rings. The Kier molecular flexibility index (Phi) is 4.84. The quantitative estimate of drug-likeness (QED) is 0.864. The van der Waals surface area contributed by atoms with Crippen molar-refractivity contribution < 1.29 is 5.11 Å². The van der Waals surface area contributed by atoms with Gasteiger partial charge in [-0.3, -0.25) is 13.9 Å². The van der Waals surface area contributed by atoms with Gasteiger partial charge in [0.25, 0.3) is 5.56 Å². The van der Waals surface area contributed by atoms with Gasteiger partial charge in [-0.25, -0.2) is 4.79 Å². The number of aliphatic hydroxyl groups excluding tert-OH is 1. The molecule has 2 aromatic rings. The van der Waals surface area contributed by atoms with Crippen molar-refractivity contribution in [1.29, 1.82) is 0 Å². The number of hydrogen-bond donors (Lipinski definition) is 1. The fourth-order valence-corrected chi connectivity index (χ4v) is 4.67. The van der Waals surface area contributed by atoms with Gasteiger partial charge in [0, 0.05) is 39.3 Å². The monoisotopic (exact) mass is 375 g/mol. The fraction of sp³-hybridized carbons (Fsp3) is 0.737. The second-order valence-corrected chi connectivity index (χ2v) is 8.12. The van der Waals surface area contributed by atoms with E-state index in [1.165, 1.54) is 28.4 Å². The number of aliphatic hydroxyl groups is 1. The van der Waals surface area contributed by atoms with Gasteiger partial charge >= 0.3 is 5.69 Å². The molecular formula is C19H29N5O3. The summed E-state index contributed by atoms with van der Waals surface area (Å²) < 4.78 is 4.73. The number of aromatic nitrogens is 4. The Balaban J connectivity index is 1.90. The highest BCUT2D eigenvalue weighted by Crippen LogP contribution is 2.32. The lowest BCUT2D eigenvalue weighted by atomic mass is 9.93. The third kappa shape index (κ3) is 2.99. The van der Waals surface area contributed by atoms with Crippen LogP contribution in [0.5, 0.6) is 0 Å². The number of nitrogens with zero attached hydrogens (tertiary/aromatic N) is 5. The summed E-state index contributed by atoms with van der Waals surface area (Å²) in [6, 6.07) is 0.464. The lowest BCUT2D eigenvalue weighted by Crippen LogP contribution is -2.45. The second kappa shape index (κ2) is 7.14. The molecule has 1 saturated carbocycles. The summed E-state index contributed by atoms with van der Waals surface area (Å²) in [6.45, 7) is 4.06. The molecule has 4 rings (SSSR count). The van der Waals surface area contributed by atoms with Crippen molar-refractivity contribution in [2.24, 2.45) is 13.0 Å². The zero-order valence-corrected chi connectivity index (χ0v) is 16.2. The average molecular weight is 375 g/mol. The van der Waals surface area contributed by atoms with Crippen molar-refractivity contribution in [2.45, 2.75) is 64.6 Å². The van der Waals surface area contributed by atoms with Crippen molar-refractivity contribution in [2.75, 3.05) is 18.1 Å². The first-order chi connectivity index (χ1) is 13.0. The average Bonchev–Trinajstić information content (AvgIpc) is 3.06. The maximum absolute atomic E-state index is 13.1. The van der Waals surface area contributed by atoms with E-state index in [1.807, 2.05) is 4.57 Å². The van der Waals surface area contributed by atoms with E-state index in [0.717, 1.165) is 31.9 Å². The van der Waals surface area contributed by atoms with Gasteiger partial charge in [0.2, 0.25) is 5.95 Å². The fourth-order valence-electron chi connectivity index (χ4n) is 4.67. The summed E-state index contributed by atoms with van der Waals surface area (Å²) in [5.74, 6) is 1.25. The summed E-state index contributed by atoms with van der Waals surface area (Å²) in [5.41, 5.74) is 0.319. The maximum Gasteiger partial charge on any atom is 0.332 e. The van der Waals surface area contributed by atoms with Crippen molar-refractivity contribution in [3.05, 3.63) is 20.8 Å². The van der Waals surface area contributed by atoms with Crippen LogP contribution in [0.25, 0.3) is 11.2 Å². The molecule has 1 N–H and O–H groups in total. The number of anilines is 1. The Bertz CT molecular complexity index is 951. The molecule has 27 heavy (non-hydrogen) atoms. The SMILES string of the molecule is CC1CN(C2CCCCC2)c2nc3c(c(=O)n(CCCO)c(=O)n3C)n2C1. The third-order valence-corrected chi connectivity index (χ3v) is 6.03. The first-order valence-corrected chi connectivity index (χ1v) is 10.1. The van der Waals surface area contributed by atoms with E-state index in [4.69, 9.17) is 10.1 Å². The first kappa shape index (κ1) is 18.3. The normalized spacial score (nSPS) is 21.0. The van der Waals surface area contributed by atoms with Gasteiger partial charge in [-0.2, -0.15) is 4.98 Å². The Hall–Kier alpha value is -2.09. The first-order valence-electron chi connectivity index (χ1n) is 10.1. The second-order valence-electron chi connectivity index (χ2n) is 8.12. The van der Waals surface area contributed by atoms with Crippen LogP contribution in [0.4, 0.5) is 5.95 Å².